The zero-order valence-corrected chi connectivity index (χ0v) is 16.7. The highest BCUT2D eigenvalue weighted by molar-refractivity contribution is 7.92. The molecule has 1 N–H and O–H groups in total. The van der Waals surface area contributed by atoms with Gasteiger partial charge in [-0.3, -0.25) is 9.52 Å². The largest absolute Gasteiger partial charge is 0.462 e. The zero-order valence-electron chi connectivity index (χ0n) is 15.8. The highest BCUT2D eigenvalue weighted by Gasteiger charge is 2.26. The molecule has 8 nitrogen and oxygen atoms in total. The van der Waals surface area contributed by atoms with Crippen molar-refractivity contribution >= 4 is 27.6 Å². The monoisotopic (exact) mass is 405 g/mol. The van der Waals surface area contributed by atoms with E-state index in [-0.39, 0.29) is 17.4 Å². The number of fused-ring (bicyclic) bond motifs is 1. The molecule has 0 saturated heterocycles. The van der Waals surface area contributed by atoms with Gasteiger partial charge in [0.15, 0.2) is 0 Å². The van der Waals surface area contributed by atoms with Gasteiger partial charge in [0.05, 0.1) is 12.2 Å². The van der Waals surface area contributed by atoms with Crippen molar-refractivity contribution in [3.63, 3.8) is 0 Å². The summed E-state index contributed by atoms with van der Waals surface area (Å²) < 4.78 is 34.6. The van der Waals surface area contributed by atoms with E-state index in [1.54, 1.807) is 16.4 Å². The smallest absolute Gasteiger partial charge is 0.338 e. The molecule has 1 aromatic heterocycles. The predicted octanol–water partition coefficient (Wildman–Crippen LogP) is 2.33. The molecule has 150 valence electrons. The molecule has 3 rings (SSSR count). The van der Waals surface area contributed by atoms with E-state index < -0.39 is 16.0 Å². The van der Waals surface area contributed by atoms with Gasteiger partial charge in [0.1, 0.15) is 10.6 Å². The third-order valence-electron chi connectivity index (χ3n) is 4.55. The van der Waals surface area contributed by atoms with Crippen LogP contribution >= 0.6 is 0 Å². The van der Waals surface area contributed by atoms with Gasteiger partial charge in [-0.15, -0.1) is 0 Å². The molecular weight excluding hydrogens is 382 g/mol. The zero-order chi connectivity index (χ0) is 20.3. The summed E-state index contributed by atoms with van der Waals surface area (Å²) in [6, 6.07) is 7.39. The van der Waals surface area contributed by atoms with E-state index >= 15 is 0 Å². The van der Waals surface area contributed by atoms with Crippen LogP contribution in [0.25, 0.3) is 0 Å². The number of anilines is 1. The Hall–Kier alpha value is -2.81. The molecule has 9 heteroatoms. The fourth-order valence-electron chi connectivity index (χ4n) is 3.09. The topological polar surface area (TPSA) is 97.7 Å². The summed E-state index contributed by atoms with van der Waals surface area (Å²) in [5.41, 5.74) is 1.03. The summed E-state index contributed by atoms with van der Waals surface area (Å²) in [7, 11) is -3.87. The quantitative estimate of drug-likeness (QED) is 0.744. The van der Waals surface area contributed by atoms with Crippen molar-refractivity contribution in [3.05, 3.63) is 47.8 Å². The number of nitrogens with one attached hydrogen (secondary N) is 1. The maximum absolute atomic E-state index is 12.7. The number of aromatic nitrogens is 1. The van der Waals surface area contributed by atoms with Crippen LogP contribution in [0, 0.1) is 0 Å². The fraction of sp³-hybridized carbons (Fsp3) is 0.368. The van der Waals surface area contributed by atoms with E-state index in [9.17, 15) is 18.0 Å². The van der Waals surface area contributed by atoms with Crippen LogP contribution < -0.4 is 4.72 Å². The Bertz CT molecular complexity index is 979. The van der Waals surface area contributed by atoms with Gasteiger partial charge in [-0.25, -0.2) is 13.2 Å². The van der Waals surface area contributed by atoms with E-state index in [0.717, 1.165) is 6.42 Å². The van der Waals surface area contributed by atoms with Crippen LogP contribution in [0.5, 0.6) is 0 Å². The Morgan fingerprint density at radius 3 is 2.54 bits per heavy atom. The number of ether oxygens (including phenoxy) is 1. The number of nitrogens with zero attached hydrogens (tertiary/aromatic N) is 2. The molecule has 0 bridgehead atoms. The van der Waals surface area contributed by atoms with E-state index in [1.165, 1.54) is 36.5 Å². The SMILES string of the molecule is CCOC(=O)c1ccc(NS(=O)(=O)c2cc3n(c2)CCCN(CC)C3=O)cc1. The van der Waals surface area contributed by atoms with Gasteiger partial charge in [-0.2, -0.15) is 0 Å². The minimum absolute atomic E-state index is 0.0308. The Balaban J connectivity index is 1.81. The van der Waals surface area contributed by atoms with Gasteiger partial charge < -0.3 is 14.2 Å². The number of rotatable bonds is 6. The summed E-state index contributed by atoms with van der Waals surface area (Å²) >= 11 is 0. The molecule has 0 unspecified atom stereocenters. The summed E-state index contributed by atoms with van der Waals surface area (Å²) in [4.78, 5) is 26.0. The maximum atomic E-state index is 12.7. The molecule has 2 aromatic rings. The number of aryl methyl sites for hydroxylation is 1. The molecule has 1 aromatic carbocycles. The molecule has 28 heavy (non-hydrogen) atoms. The van der Waals surface area contributed by atoms with Crippen molar-refractivity contribution in [1.82, 2.24) is 9.47 Å². The number of amides is 1. The van der Waals surface area contributed by atoms with Crippen molar-refractivity contribution in [2.45, 2.75) is 31.7 Å². The molecule has 0 spiro atoms. The van der Waals surface area contributed by atoms with Gasteiger partial charge in [0, 0.05) is 31.5 Å². The van der Waals surface area contributed by atoms with Crippen molar-refractivity contribution < 1.29 is 22.7 Å². The Kier molecular flexibility index (Phi) is 5.73. The van der Waals surface area contributed by atoms with Crippen LogP contribution in [0.15, 0.2) is 41.4 Å². The van der Waals surface area contributed by atoms with E-state index in [4.69, 9.17) is 4.74 Å². The molecule has 0 aliphatic carbocycles. The highest BCUT2D eigenvalue weighted by atomic mass is 32.2. The Morgan fingerprint density at radius 2 is 1.89 bits per heavy atom. The second-order valence-electron chi connectivity index (χ2n) is 6.40. The first-order chi connectivity index (χ1) is 13.4. The highest BCUT2D eigenvalue weighted by Crippen LogP contribution is 2.22. The van der Waals surface area contributed by atoms with E-state index in [0.29, 0.717) is 36.6 Å². The first-order valence-corrected chi connectivity index (χ1v) is 10.6. The predicted molar refractivity (Wildman–Crippen MR) is 104 cm³/mol. The van der Waals surface area contributed by atoms with Crippen LogP contribution in [0.4, 0.5) is 5.69 Å². The summed E-state index contributed by atoms with van der Waals surface area (Å²) in [6.07, 6.45) is 2.26. The lowest BCUT2D eigenvalue weighted by Crippen LogP contribution is -2.30. The summed E-state index contributed by atoms with van der Waals surface area (Å²) in [5, 5.41) is 0. The van der Waals surface area contributed by atoms with E-state index in [1.807, 2.05) is 6.92 Å². The minimum Gasteiger partial charge on any atom is -0.462 e. The second-order valence-corrected chi connectivity index (χ2v) is 8.08. The molecule has 0 fully saturated rings. The first-order valence-electron chi connectivity index (χ1n) is 9.15. The molecule has 0 atom stereocenters. The average molecular weight is 405 g/mol. The van der Waals surface area contributed by atoms with Crippen molar-refractivity contribution in [3.8, 4) is 0 Å². The normalized spacial score (nSPS) is 14.4. The molecule has 1 aliphatic rings. The van der Waals surface area contributed by atoms with Crippen LogP contribution in [0.1, 0.15) is 41.1 Å². The van der Waals surface area contributed by atoms with Gasteiger partial charge in [0.25, 0.3) is 15.9 Å². The first kappa shape index (κ1) is 19.9. The van der Waals surface area contributed by atoms with Crippen LogP contribution in [0.3, 0.4) is 0 Å². The summed E-state index contributed by atoms with van der Waals surface area (Å²) in [6.45, 7) is 5.70. The lowest BCUT2D eigenvalue weighted by molar-refractivity contribution is 0.0526. The van der Waals surface area contributed by atoms with Gasteiger partial charge in [0.2, 0.25) is 0 Å². The third-order valence-corrected chi connectivity index (χ3v) is 5.89. The summed E-state index contributed by atoms with van der Waals surface area (Å²) in [5.74, 6) is -0.632. The lowest BCUT2D eigenvalue weighted by atomic mass is 10.2. The Morgan fingerprint density at radius 1 is 1.18 bits per heavy atom. The number of sulfonamides is 1. The molecular formula is C19H23N3O5S. The minimum atomic E-state index is -3.87. The average Bonchev–Trinajstić information content (AvgIpc) is 3.04. The second kappa shape index (κ2) is 8.05. The third kappa shape index (κ3) is 4.04. The van der Waals surface area contributed by atoms with Gasteiger partial charge >= 0.3 is 5.97 Å². The van der Waals surface area contributed by atoms with E-state index in [2.05, 4.69) is 4.72 Å². The van der Waals surface area contributed by atoms with Gasteiger partial charge in [-0.1, -0.05) is 0 Å². The molecule has 0 radical (unpaired) electrons. The molecule has 0 saturated carbocycles. The standard InChI is InChI=1S/C19H23N3O5S/c1-3-21-10-5-11-22-13-16(12-17(22)18(21)23)28(25,26)20-15-8-6-14(7-9-15)19(24)27-4-2/h6-9,12-13,20H,3-5,10-11H2,1-2H3. The molecule has 2 heterocycles. The van der Waals surface area contributed by atoms with Crippen LogP contribution in [-0.2, 0) is 21.3 Å². The van der Waals surface area contributed by atoms with Crippen molar-refractivity contribution in [2.24, 2.45) is 0 Å². The number of carbonyl (C=O) groups is 2. The van der Waals surface area contributed by atoms with Crippen molar-refractivity contribution in [1.29, 1.82) is 0 Å². The number of hydrogen-bond donors (Lipinski definition) is 1. The van der Waals surface area contributed by atoms with Gasteiger partial charge in [-0.05, 0) is 50.6 Å². The molecule has 1 amide bonds. The number of esters is 1. The van der Waals surface area contributed by atoms with Crippen LogP contribution in [-0.4, -0.2) is 49.5 Å². The number of carbonyl (C=O) groups excluding carboxylic acids is 2. The number of benzene rings is 1. The fourth-order valence-corrected chi connectivity index (χ4v) is 4.19. The number of hydrogen-bond acceptors (Lipinski definition) is 5. The maximum Gasteiger partial charge on any atom is 0.338 e. The molecule has 1 aliphatic heterocycles. The lowest BCUT2D eigenvalue weighted by Gasteiger charge is -2.17. The van der Waals surface area contributed by atoms with Crippen LogP contribution in [0.2, 0.25) is 0 Å². The van der Waals surface area contributed by atoms with Crippen molar-refractivity contribution in [2.75, 3.05) is 24.4 Å². The Labute approximate surface area is 164 Å².